The highest BCUT2D eigenvalue weighted by Crippen LogP contribution is 2.43. The number of hydrogen-bond donors (Lipinski definition) is 2. The maximum atomic E-state index is 13.1. The lowest BCUT2D eigenvalue weighted by Gasteiger charge is -2.39. The van der Waals surface area contributed by atoms with Gasteiger partial charge in [-0.15, -0.1) is 0 Å². The Morgan fingerprint density at radius 1 is 1.29 bits per heavy atom. The fraction of sp³-hybridized carbons (Fsp3) is 0.476. The second-order valence-corrected chi connectivity index (χ2v) is 7.21. The van der Waals surface area contributed by atoms with Crippen molar-refractivity contribution < 1.29 is 24.2 Å². The van der Waals surface area contributed by atoms with Gasteiger partial charge >= 0.3 is 0 Å². The topological polar surface area (TPSA) is 80.3 Å². The molecule has 0 radical (unpaired) electrons. The number of rotatable bonds is 6. The van der Waals surface area contributed by atoms with Crippen molar-refractivity contribution in [3.63, 3.8) is 0 Å². The van der Waals surface area contributed by atoms with Crippen LogP contribution in [-0.2, 0) is 19.1 Å². The Bertz CT molecular complexity index is 799. The first-order valence-corrected chi connectivity index (χ1v) is 9.47. The molecule has 1 aromatic carbocycles. The summed E-state index contributed by atoms with van der Waals surface area (Å²) < 4.78 is 11.5. The number of ether oxygens (including phenoxy) is 2. The van der Waals surface area contributed by atoms with Crippen molar-refractivity contribution in [2.45, 2.75) is 39.2 Å². The molecule has 7 nitrogen and oxygen atoms in total. The summed E-state index contributed by atoms with van der Waals surface area (Å²) in [6, 6.07) is 3.30. The number of carbonyl (C=O) groups is 1. The van der Waals surface area contributed by atoms with E-state index in [1.807, 2.05) is 25.8 Å². The van der Waals surface area contributed by atoms with Crippen LogP contribution in [0.5, 0.6) is 5.75 Å². The van der Waals surface area contributed by atoms with E-state index < -0.39 is 5.54 Å². The molecule has 2 aliphatic heterocycles. The fourth-order valence-corrected chi connectivity index (χ4v) is 4.10. The van der Waals surface area contributed by atoms with Crippen LogP contribution in [0.3, 0.4) is 0 Å². The Balaban J connectivity index is 2.12. The van der Waals surface area contributed by atoms with E-state index in [-0.39, 0.29) is 17.6 Å². The second-order valence-electron chi connectivity index (χ2n) is 7.21. The molecular weight excluding hydrogens is 360 g/mol. The highest BCUT2D eigenvalue weighted by molar-refractivity contribution is 6.24. The summed E-state index contributed by atoms with van der Waals surface area (Å²) in [5.41, 5.74) is 2.20. The first kappa shape index (κ1) is 20.2. The molecule has 0 bridgehead atoms. The van der Waals surface area contributed by atoms with Crippen molar-refractivity contribution in [3.05, 3.63) is 47.1 Å². The molecule has 152 valence electrons. The van der Waals surface area contributed by atoms with Crippen LogP contribution in [0, 0.1) is 13.8 Å². The van der Waals surface area contributed by atoms with E-state index in [1.165, 1.54) is 0 Å². The van der Waals surface area contributed by atoms with Crippen molar-refractivity contribution in [2.75, 3.05) is 26.8 Å². The second kappa shape index (κ2) is 7.85. The van der Waals surface area contributed by atoms with Gasteiger partial charge in [-0.3, -0.25) is 4.79 Å². The van der Waals surface area contributed by atoms with E-state index in [0.29, 0.717) is 43.9 Å². The number of aryl methyl sites for hydroxylation is 2. The molecule has 0 atom stereocenters. The number of phenolic OH excluding ortho intramolecular Hbond substituents is 1. The molecule has 1 amide bonds. The number of amides is 1. The lowest BCUT2D eigenvalue weighted by Crippen LogP contribution is -2.53. The van der Waals surface area contributed by atoms with Gasteiger partial charge in [0.25, 0.3) is 11.9 Å². The van der Waals surface area contributed by atoms with Crippen LogP contribution in [0.4, 0.5) is 0 Å². The molecule has 3 rings (SSSR count). The average molecular weight is 388 g/mol. The maximum Gasteiger partial charge on any atom is 0.276 e. The smallest absolute Gasteiger partial charge is 0.276 e. The highest BCUT2D eigenvalue weighted by atomic mass is 16.7. The van der Waals surface area contributed by atoms with Gasteiger partial charge in [0.1, 0.15) is 17.0 Å². The monoisotopic (exact) mass is 388 g/mol. The molecule has 28 heavy (non-hydrogen) atoms. The third kappa shape index (κ3) is 3.59. The molecule has 0 unspecified atom stereocenters. The van der Waals surface area contributed by atoms with Gasteiger partial charge in [0.05, 0.1) is 19.3 Å². The number of benzene rings is 1. The van der Waals surface area contributed by atoms with Crippen LogP contribution in [0.2, 0.25) is 0 Å². The summed E-state index contributed by atoms with van der Waals surface area (Å²) in [4.78, 5) is 18.4. The van der Waals surface area contributed by atoms with Gasteiger partial charge in [-0.05, 0) is 69.0 Å². The summed E-state index contributed by atoms with van der Waals surface area (Å²) >= 11 is 0. The molecule has 2 N–H and O–H groups in total. The average Bonchev–Trinajstić information content (AvgIpc) is 2.87. The predicted molar refractivity (Wildman–Crippen MR) is 105 cm³/mol. The zero-order chi connectivity index (χ0) is 20.5. The standard InChI is InChI=1S/C21H28N2O5/c1-6-27-15(4)28-19-18(17-13(2)11-16(24)12-14(17)3)20(25)22-21(19)7-9-23(26-5)10-8-21/h11-12,24H,4,6-10H2,1-3,5H3,(H,22,25). The summed E-state index contributed by atoms with van der Waals surface area (Å²) in [5.74, 6) is 0.668. The number of hydroxylamine groups is 2. The first-order valence-electron chi connectivity index (χ1n) is 9.47. The van der Waals surface area contributed by atoms with Crippen molar-refractivity contribution >= 4 is 11.5 Å². The molecule has 2 heterocycles. The van der Waals surface area contributed by atoms with E-state index in [0.717, 1.165) is 16.7 Å². The number of carbonyl (C=O) groups excluding carboxylic acids is 1. The van der Waals surface area contributed by atoms with Crippen LogP contribution in [0.15, 0.2) is 30.4 Å². The molecule has 0 aliphatic carbocycles. The Morgan fingerprint density at radius 2 is 1.89 bits per heavy atom. The molecular formula is C21H28N2O5. The molecule has 0 saturated carbocycles. The maximum absolute atomic E-state index is 13.1. The van der Waals surface area contributed by atoms with Crippen molar-refractivity contribution in [1.29, 1.82) is 0 Å². The number of nitrogens with one attached hydrogen (secondary N) is 1. The number of aromatic hydroxyl groups is 1. The normalized spacial score (nSPS) is 19.1. The number of hydrogen-bond acceptors (Lipinski definition) is 6. The Hall–Kier alpha value is -2.51. The number of piperidine rings is 1. The molecule has 1 saturated heterocycles. The van der Waals surface area contributed by atoms with Gasteiger partial charge < -0.3 is 24.7 Å². The van der Waals surface area contributed by atoms with Gasteiger partial charge in [-0.25, -0.2) is 0 Å². The van der Waals surface area contributed by atoms with Crippen LogP contribution in [-0.4, -0.2) is 48.4 Å². The van der Waals surface area contributed by atoms with Gasteiger partial charge in [0.15, 0.2) is 0 Å². The lowest BCUT2D eigenvalue weighted by atomic mass is 9.85. The number of phenols is 1. The van der Waals surface area contributed by atoms with Gasteiger partial charge in [0.2, 0.25) is 0 Å². The van der Waals surface area contributed by atoms with E-state index in [4.69, 9.17) is 14.3 Å². The predicted octanol–water partition coefficient (Wildman–Crippen LogP) is 2.77. The third-order valence-electron chi connectivity index (χ3n) is 5.36. The zero-order valence-electron chi connectivity index (χ0n) is 16.9. The molecule has 1 aromatic rings. The van der Waals surface area contributed by atoms with Gasteiger partial charge in [-0.2, -0.15) is 5.06 Å². The lowest BCUT2D eigenvalue weighted by molar-refractivity contribution is -0.153. The minimum Gasteiger partial charge on any atom is -0.508 e. The Kier molecular flexibility index (Phi) is 5.67. The quantitative estimate of drug-likeness (QED) is 0.730. The number of nitrogens with zero attached hydrogens (tertiary/aromatic N) is 1. The summed E-state index contributed by atoms with van der Waals surface area (Å²) in [7, 11) is 1.64. The fourth-order valence-electron chi connectivity index (χ4n) is 4.10. The molecule has 1 spiro atoms. The SMILES string of the molecule is C=C(OCC)OC1=C(c2c(C)cc(O)cc2C)C(=O)NC12CCN(OC)CC2. The summed E-state index contributed by atoms with van der Waals surface area (Å²) in [6.07, 6.45) is 1.28. The molecule has 0 aromatic heterocycles. The van der Waals surface area contributed by atoms with Crippen LogP contribution in [0.25, 0.3) is 5.57 Å². The Morgan fingerprint density at radius 3 is 2.43 bits per heavy atom. The van der Waals surface area contributed by atoms with Crippen LogP contribution < -0.4 is 5.32 Å². The summed E-state index contributed by atoms with van der Waals surface area (Å²) in [6.45, 7) is 11.2. The third-order valence-corrected chi connectivity index (χ3v) is 5.36. The highest BCUT2D eigenvalue weighted by Gasteiger charge is 2.50. The minimum atomic E-state index is -0.641. The van der Waals surface area contributed by atoms with E-state index >= 15 is 0 Å². The minimum absolute atomic E-state index is 0.161. The molecule has 2 aliphatic rings. The zero-order valence-corrected chi connectivity index (χ0v) is 16.9. The van der Waals surface area contributed by atoms with Crippen LogP contribution >= 0.6 is 0 Å². The van der Waals surface area contributed by atoms with E-state index in [9.17, 15) is 9.90 Å². The van der Waals surface area contributed by atoms with E-state index in [1.54, 1.807) is 19.2 Å². The van der Waals surface area contributed by atoms with Gasteiger partial charge in [0, 0.05) is 13.1 Å². The Labute approximate surface area is 165 Å². The summed E-state index contributed by atoms with van der Waals surface area (Å²) in [5, 5.41) is 14.9. The first-order chi connectivity index (χ1) is 13.3. The van der Waals surface area contributed by atoms with Crippen molar-refractivity contribution in [2.24, 2.45) is 0 Å². The largest absolute Gasteiger partial charge is 0.508 e. The van der Waals surface area contributed by atoms with Crippen molar-refractivity contribution in [3.8, 4) is 5.75 Å². The van der Waals surface area contributed by atoms with Gasteiger partial charge in [-0.1, -0.05) is 0 Å². The molecule has 1 fully saturated rings. The van der Waals surface area contributed by atoms with Crippen LogP contribution in [0.1, 0.15) is 36.5 Å². The van der Waals surface area contributed by atoms with Crippen molar-refractivity contribution in [1.82, 2.24) is 10.4 Å². The van der Waals surface area contributed by atoms with E-state index in [2.05, 4.69) is 11.9 Å². The molecule has 7 heteroatoms.